The van der Waals surface area contributed by atoms with Crippen molar-refractivity contribution in [2.75, 3.05) is 11.1 Å². The van der Waals surface area contributed by atoms with E-state index in [9.17, 15) is 0 Å². The van der Waals surface area contributed by atoms with Gasteiger partial charge in [0.1, 0.15) is 0 Å². The quantitative estimate of drug-likeness (QED) is 0.543. The fourth-order valence-corrected chi connectivity index (χ4v) is 7.18. The molecule has 1 aromatic carbocycles. The molecule has 0 heterocycles. The average Bonchev–Trinajstić information content (AvgIpc) is 2.28. The zero-order valence-corrected chi connectivity index (χ0v) is 15.2. The summed E-state index contributed by atoms with van der Waals surface area (Å²) in [6.45, 7) is 5.06. The van der Waals surface area contributed by atoms with Gasteiger partial charge in [-0.2, -0.15) is 0 Å². The van der Waals surface area contributed by atoms with Crippen molar-refractivity contribution in [3.05, 3.63) is 21.8 Å². The molecule has 4 aliphatic rings. The molecular formula is C18H25IN2. The van der Waals surface area contributed by atoms with Gasteiger partial charge < -0.3 is 11.1 Å². The smallest absolute Gasteiger partial charge is 0.0481 e. The summed E-state index contributed by atoms with van der Waals surface area (Å²) >= 11 is 2.41. The molecule has 21 heavy (non-hydrogen) atoms. The van der Waals surface area contributed by atoms with Gasteiger partial charge in [-0.05, 0) is 96.1 Å². The lowest BCUT2D eigenvalue weighted by atomic mass is 9.43. The van der Waals surface area contributed by atoms with Crippen molar-refractivity contribution in [2.45, 2.75) is 57.9 Å². The van der Waals surface area contributed by atoms with E-state index in [2.05, 4.69) is 53.9 Å². The number of rotatable bonds is 2. The Bertz CT molecular complexity index is 579. The molecule has 2 nitrogen and oxygen atoms in total. The molecule has 5 rings (SSSR count). The second-order valence-electron chi connectivity index (χ2n) is 8.77. The highest BCUT2D eigenvalue weighted by molar-refractivity contribution is 14.1. The summed E-state index contributed by atoms with van der Waals surface area (Å²) in [4.78, 5) is 0. The van der Waals surface area contributed by atoms with Crippen LogP contribution in [0.5, 0.6) is 0 Å². The molecule has 2 atom stereocenters. The molecule has 3 N–H and O–H groups in total. The summed E-state index contributed by atoms with van der Waals surface area (Å²) in [6, 6.07) is 6.27. The second kappa shape index (κ2) is 4.30. The molecule has 3 heteroatoms. The van der Waals surface area contributed by atoms with Crippen LogP contribution in [-0.2, 0) is 0 Å². The average molecular weight is 396 g/mol. The Balaban J connectivity index is 1.68. The Kier molecular flexibility index (Phi) is 2.90. The van der Waals surface area contributed by atoms with E-state index in [0.717, 1.165) is 11.6 Å². The molecule has 1 aromatic rings. The van der Waals surface area contributed by atoms with Gasteiger partial charge in [-0.3, -0.25) is 0 Å². The van der Waals surface area contributed by atoms with Gasteiger partial charge in [0.15, 0.2) is 0 Å². The fraction of sp³-hybridized carbons (Fsp3) is 0.667. The molecule has 0 radical (unpaired) electrons. The van der Waals surface area contributed by atoms with Crippen LogP contribution in [0.1, 0.15) is 52.4 Å². The fourth-order valence-electron chi connectivity index (χ4n) is 6.51. The molecule has 0 saturated heterocycles. The summed E-state index contributed by atoms with van der Waals surface area (Å²) in [6.07, 6.45) is 8.37. The lowest BCUT2D eigenvalue weighted by Crippen LogP contribution is -2.61. The first kappa shape index (κ1) is 14.2. The summed E-state index contributed by atoms with van der Waals surface area (Å²) in [7, 11) is 0. The van der Waals surface area contributed by atoms with Crippen LogP contribution < -0.4 is 11.1 Å². The van der Waals surface area contributed by atoms with Crippen LogP contribution in [0, 0.1) is 20.3 Å². The lowest BCUT2D eigenvalue weighted by Gasteiger charge is -2.65. The molecule has 0 aliphatic heterocycles. The molecule has 0 spiro atoms. The van der Waals surface area contributed by atoms with Crippen LogP contribution in [0.25, 0.3) is 0 Å². The third kappa shape index (κ3) is 2.36. The van der Waals surface area contributed by atoms with Gasteiger partial charge >= 0.3 is 0 Å². The second-order valence-corrected chi connectivity index (χ2v) is 9.94. The van der Waals surface area contributed by atoms with Crippen LogP contribution in [-0.4, -0.2) is 5.54 Å². The molecule has 2 unspecified atom stereocenters. The zero-order valence-electron chi connectivity index (χ0n) is 13.0. The minimum absolute atomic E-state index is 0.318. The van der Waals surface area contributed by atoms with Crippen LogP contribution in [0.2, 0.25) is 0 Å². The maximum absolute atomic E-state index is 5.90. The first-order valence-corrected chi connectivity index (χ1v) is 9.20. The van der Waals surface area contributed by atoms with E-state index in [-0.39, 0.29) is 0 Å². The summed E-state index contributed by atoms with van der Waals surface area (Å²) in [5, 5.41) is 3.97. The van der Waals surface area contributed by atoms with E-state index < -0.39 is 0 Å². The summed E-state index contributed by atoms with van der Waals surface area (Å²) < 4.78 is 1.25. The van der Waals surface area contributed by atoms with Gasteiger partial charge in [-0.15, -0.1) is 0 Å². The van der Waals surface area contributed by atoms with Gasteiger partial charge in [-0.1, -0.05) is 13.8 Å². The van der Waals surface area contributed by atoms with Crippen molar-refractivity contribution < 1.29 is 0 Å². The third-order valence-corrected chi connectivity index (χ3v) is 6.91. The van der Waals surface area contributed by atoms with Crippen LogP contribution in [0.15, 0.2) is 18.2 Å². The molecule has 4 fully saturated rings. The number of anilines is 2. The monoisotopic (exact) mass is 396 g/mol. The Morgan fingerprint density at radius 3 is 2.33 bits per heavy atom. The SMILES string of the molecule is CC12CC3CC(C)(C1)CC(Nc1ccc(N)cc1I)(C3)C2. The standard InChI is InChI=1S/C18H25IN2/c1-16-6-12-7-17(2,9-16)11-18(8-12,10-16)21-15-4-3-13(20)5-14(15)19/h3-5,12,21H,6-11,20H2,1-2H3. The normalized spacial score (nSPS) is 44.0. The minimum atomic E-state index is 0.318. The Hall–Kier alpha value is -0.450. The largest absolute Gasteiger partial charge is 0.399 e. The van der Waals surface area contributed by atoms with Crippen LogP contribution in [0.4, 0.5) is 11.4 Å². The van der Waals surface area contributed by atoms with Gasteiger partial charge in [0, 0.05) is 20.5 Å². The third-order valence-electron chi connectivity index (χ3n) is 6.02. The van der Waals surface area contributed by atoms with Crippen LogP contribution in [0.3, 0.4) is 0 Å². The highest BCUT2D eigenvalue weighted by Crippen LogP contribution is 2.66. The Morgan fingerprint density at radius 1 is 1.10 bits per heavy atom. The van der Waals surface area contributed by atoms with E-state index >= 15 is 0 Å². The number of nitrogen functional groups attached to an aromatic ring is 1. The number of nitrogens with two attached hydrogens (primary N) is 1. The van der Waals surface area contributed by atoms with Crippen molar-refractivity contribution in [3.63, 3.8) is 0 Å². The van der Waals surface area contributed by atoms with E-state index in [1.54, 1.807) is 0 Å². The van der Waals surface area contributed by atoms with Gasteiger partial charge in [0.2, 0.25) is 0 Å². The molecule has 4 aliphatic carbocycles. The summed E-state index contributed by atoms with van der Waals surface area (Å²) in [5.74, 6) is 0.926. The van der Waals surface area contributed by atoms with Gasteiger partial charge in [0.25, 0.3) is 0 Å². The molecule has 4 saturated carbocycles. The molecular weight excluding hydrogens is 371 g/mol. The number of halogens is 1. The van der Waals surface area contributed by atoms with Crippen molar-refractivity contribution >= 4 is 34.0 Å². The van der Waals surface area contributed by atoms with Crippen molar-refractivity contribution in [1.29, 1.82) is 0 Å². The molecule has 114 valence electrons. The number of hydrogen-bond acceptors (Lipinski definition) is 2. The first-order chi connectivity index (χ1) is 9.79. The van der Waals surface area contributed by atoms with Gasteiger partial charge in [0.05, 0.1) is 0 Å². The highest BCUT2D eigenvalue weighted by atomic mass is 127. The first-order valence-electron chi connectivity index (χ1n) is 8.12. The van der Waals surface area contributed by atoms with Crippen molar-refractivity contribution in [2.24, 2.45) is 16.7 Å². The predicted octanol–water partition coefficient (Wildman–Crippen LogP) is 5.03. The van der Waals surface area contributed by atoms with E-state index in [1.807, 2.05) is 6.07 Å². The molecule has 0 amide bonds. The minimum Gasteiger partial charge on any atom is -0.399 e. The summed E-state index contributed by atoms with van der Waals surface area (Å²) in [5.41, 5.74) is 9.46. The van der Waals surface area contributed by atoms with Crippen molar-refractivity contribution in [3.8, 4) is 0 Å². The van der Waals surface area contributed by atoms with Crippen LogP contribution >= 0.6 is 22.6 Å². The number of hydrogen-bond donors (Lipinski definition) is 2. The molecule has 4 bridgehead atoms. The maximum atomic E-state index is 5.90. The predicted molar refractivity (Wildman–Crippen MR) is 97.3 cm³/mol. The topological polar surface area (TPSA) is 38.0 Å². The van der Waals surface area contributed by atoms with Crippen molar-refractivity contribution in [1.82, 2.24) is 0 Å². The van der Waals surface area contributed by atoms with E-state index in [1.165, 1.54) is 47.8 Å². The maximum Gasteiger partial charge on any atom is 0.0481 e. The lowest BCUT2D eigenvalue weighted by molar-refractivity contribution is -0.0973. The highest BCUT2D eigenvalue weighted by Gasteiger charge is 2.60. The number of nitrogens with one attached hydrogen (secondary N) is 1. The number of benzene rings is 1. The zero-order chi connectivity index (χ0) is 14.9. The van der Waals surface area contributed by atoms with E-state index in [4.69, 9.17) is 5.73 Å². The Labute approximate surface area is 141 Å². The van der Waals surface area contributed by atoms with E-state index in [0.29, 0.717) is 16.4 Å². The molecule has 0 aromatic heterocycles. The van der Waals surface area contributed by atoms with Gasteiger partial charge in [-0.25, -0.2) is 0 Å². The Morgan fingerprint density at radius 2 is 1.76 bits per heavy atom.